The van der Waals surface area contributed by atoms with Crippen molar-refractivity contribution in [3.63, 3.8) is 0 Å². The molecule has 1 aromatic carbocycles. The molecule has 3 aromatic rings. The Balaban J connectivity index is 1.29. The van der Waals surface area contributed by atoms with E-state index >= 15 is 0 Å². The predicted molar refractivity (Wildman–Crippen MR) is 107 cm³/mol. The lowest BCUT2D eigenvalue weighted by Gasteiger charge is -2.09. The van der Waals surface area contributed by atoms with E-state index in [0.717, 1.165) is 34.1 Å². The standard InChI is InChI=1S/C21H23N5O3/c1-14-17(15(2)26(25-14)20-5-3-4-9-22-20)8-10-23-21(27)24-12-16-6-7-18-19(11-16)29-13-28-18/h3-7,9,11H,8,10,12-13H2,1-2H3,(H2,23,24,27). The highest BCUT2D eigenvalue weighted by molar-refractivity contribution is 5.73. The van der Waals surface area contributed by atoms with E-state index in [1.54, 1.807) is 6.20 Å². The Bertz CT molecular complexity index is 1020. The van der Waals surface area contributed by atoms with Crippen LogP contribution in [0.5, 0.6) is 11.5 Å². The van der Waals surface area contributed by atoms with Crippen LogP contribution in [0.3, 0.4) is 0 Å². The number of hydrogen-bond acceptors (Lipinski definition) is 5. The maximum atomic E-state index is 12.1. The first-order valence-corrected chi connectivity index (χ1v) is 9.48. The second-order valence-electron chi connectivity index (χ2n) is 6.80. The van der Waals surface area contributed by atoms with Crippen molar-refractivity contribution in [1.82, 2.24) is 25.4 Å². The molecule has 1 aliphatic rings. The number of fused-ring (bicyclic) bond motifs is 1. The van der Waals surface area contributed by atoms with Gasteiger partial charge in [-0.2, -0.15) is 5.10 Å². The highest BCUT2D eigenvalue weighted by atomic mass is 16.7. The van der Waals surface area contributed by atoms with E-state index < -0.39 is 0 Å². The molecule has 2 aromatic heterocycles. The highest BCUT2D eigenvalue weighted by Gasteiger charge is 2.15. The second-order valence-corrected chi connectivity index (χ2v) is 6.80. The van der Waals surface area contributed by atoms with Crippen molar-refractivity contribution in [2.75, 3.05) is 13.3 Å². The zero-order chi connectivity index (χ0) is 20.2. The van der Waals surface area contributed by atoms with E-state index in [2.05, 4.69) is 20.7 Å². The Morgan fingerprint density at radius 2 is 2.00 bits per heavy atom. The third kappa shape index (κ3) is 4.16. The summed E-state index contributed by atoms with van der Waals surface area (Å²) in [6.45, 7) is 5.16. The Morgan fingerprint density at radius 3 is 2.83 bits per heavy atom. The summed E-state index contributed by atoms with van der Waals surface area (Å²) in [5.41, 5.74) is 4.04. The minimum Gasteiger partial charge on any atom is -0.454 e. The Labute approximate surface area is 168 Å². The number of aromatic nitrogens is 3. The van der Waals surface area contributed by atoms with Crippen molar-refractivity contribution in [3.8, 4) is 17.3 Å². The molecular formula is C21H23N5O3. The summed E-state index contributed by atoms with van der Waals surface area (Å²) in [6, 6.07) is 11.2. The summed E-state index contributed by atoms with van der Waals surface area (Å²) in [6.07, 6.45) is 2.44. The SMILES string of the molecule is Cc1nn(-c2ccccn2)c(C)c1CCNC(=O)NCc1ccc2c(c1)OCO2. The molecule has 0 atom stereocenters. The average Bonchev–Trinajstić information content (AvgIpc) is 3.32. The summed E-state index contributed by atoms with van der Waals surface area (Å²) in [5.74, 6) is 2.23. The number of carbonyl (C=O) groups excluding carboxylic acids is 1. The summed E-state index contributed by atoms with van der Waals surface area (Å²) >= 11 is 0. The van der Waals surface area contributed by atoms with Gasteiger partial charge in [-0.15, -0.1) is 0 Å². The van der Waals surface area contributed by atoms with Crippen LogP contribution in [0.4, 0.5) is 4.79 Å². The molecular weight excluding hydrogens is 370 g/mol. The molecule has 0 spiro atoms. The van der Waals surface area contributed by atoms with E-state index in [1.807, 2.05) is 54.9 Å². The van der Waals surface area contributed by atoms with Gasteiger partial charge in [-0.05, 0) is 55.7 Å². The number of ether oxygens (including phenoxy) is 2. The van der Waals surface area contributed by atoms with Crippen LogP contribution in [0, 0.1) is 13.8 Å². The summed E-state index contributed by atoms with van der Waals surface area (Å²) in [4.78, 5) is 16.5. The number of aryl methyl sites for hydroxylation is 1. The van der Waals surface area contributed by atoms with E-state index in [1.165, 1.54) is 0 Å². The summed E-state index contributed by atoms with van der Waals surface area (Å²) < 4.78 is 12.5. The lowest BCUT2D eigenvalue weighted by atomic mass is 10.1. The molecule has 8 nitrogen and oxygen atoms in total. The summed E-state index contributed by atoms with van der Waals surface area (Å²) in [7, 11) is 0. The van der Waals surface area contributed by atoms with Gasteiger partial charge in [-0.1, -0.05) is 12.1 Å². The molecule has 0 aliphatic carbocycles. The molecule has 0 bridgehead atoms. The molecule has 0 fully saturated rings. The molecule has 8 heteroatoms. The first kappa shape index (κ1) is 18.8. The number of hydrogen-bond donors (Lipinski definition) is 2. The minimum atomic E-state index is -0.213. The van der Waals surface area contributed by atoms with Crippen molar-refractivity contribution in [2.24, 2.45) is 0 Å². The first-order valence-electron chi connectivity index (χ1n) is 9.48. The van der Waals surface area contributed by atoms with Gasteiger partial charge in [-0.3, -0.25) is 0 Å². The number of pyridine rings is 1. The van der Waals surface area contributed by atoms with Crippen LogP contribution < -0.4 is 20.1 Å². The van der Waals surface area contributed by atoms with Crippen molar-refractivity contribution in [1.29, 1.82) is 0 Å². The number of nitrogens with zero attached hydrogens (tertiary/aromatic N) is 3. The minimum absolute atomic E-state index is 0.213. The van der Waals surface area contributed by atoms with Crippen LogP contribution >= 0.6 is 0 Å². The second kappa shape index (κ2) is 8.22. The molecule has 0 saturated heterocycles. The number of urea groups is 1. The van der Waals surface area contributed by atoms with Gasteiger partial charge >= 0.3 is 6.03 Å². The molecule has 0 saturated carbocycles. The van der Waals surface area contributed by atoms with Crippen molar-refractivity contribution >= 4 is 6.03 Å². The zero-order valence-electron chi connectivity index (χ0n) is 16.4. The fraction of sp³-hybridized carbons (Fsp3) is 0.286. The average molecular weight is 393 g/mol. The van der Waals surface area contributed by atoms with Crippen molar-refractivity contribution in [3.05, 3.63) is 65.1 Å². The third-order valence-electron chi connectivity index (χ3n) is 4.86. The number of amides is 2. The molecule has 29 heavy (non-hydrogen) atoms. The fourth-order valence-electron chi connectivity index (χ4n) is 3.34. The van der Waals surface area contributed by atoms with Gasteiger partial charge < -0.3 is 20.1 Å². The van der Waals surface area contributed by atoms with Gasteiger partial charge in [0.25, 0.3) is 0 Å². The van der Waals surface area contributed by atoms with Gasteiger partial charge in [0.05, 0.1) is 5.69 Å². The molecule has 4 rings (SSSR count). The maximum Gasteiger partial charge on any atom is 0.315 e. The first-order chi connectivity index (χ1) is 14.1. The van der Waals surface area contributed by atoms with Gasteiger partial charge in [0.15, 0.2) is 17.3 Å². The van der Waals surface area contributed by atoms with Gasteiger partial charge in [0.1, 0.15) is 0 Å². The molecule has 0 radical (unpaired) electrons. The molecule has 3 heterocycles. The van der Waals surface area contributed by atoms with E-state index in [-0.39, 0.29) is 12.8 Å². The van der Waals surface area contributed by atoms with Crippen molar-refractivity contribution < 1.29 is 14.3 Å². The van der Waals surface area contributed by atoms with Gasteiger partial charge in [-0.25, -0.2) is 14.5 Å². The van der Waals surface area contributed by atoms with E-state index in [9.17, 15) is 4.79 Å². The Morgan fingerprint density at radius 1 is 1.14 bits per heavy atom. The smallest absolute Gasteiger partial charge is 0.315 e. The Hall–Kier alpha value is -3.55. The molecule has 2 amide bonds. The zero-order valence-corrected chi connectivity index (χ0v) is 16.4. The molecule has 0 unspecified atom stereocenters. The van der Waals surface area contributed by atoms with Crippen LogP contribution in [0.25, 0.3) is 5.82 Å². The number of benzene rings is 1. The summed E-state index contributed by atoms with van der Waals surface area (Å²) in [5, 5.41) is 10.3. The van der Waals surface area contributed by atoms with E-state index in [0.29, 0.717) is 25.3 Å². The van der Waals surface area contributed by atoms with Crippen LogP contribution in [0.15, 0.2) is 42.6 Å². The van der Waals surface area contributed by atoms with Crippen molar-refractivity contribution in [2.45, 2.75) is 26.8 Å². The lowest BCUT2D eigenvalue weighted by Crippen LogP contribution is -2.36. The maximum absolute atomic E-state index is 12.1. The topological polar surface area (TPSA) is 90.3 Å². The number of carbonyl (C=O) groups is 1. The van der Waals surface area contributed by atoms with Crippen LogP contribution in [0.1, 0.15) is 22.5 Å². The van der Waals surface area contributed by atoms with Crippen LogP contribution in [-0.2, 0) is 13.0 Å². The highest BCUT2D eigenvalue weighted by Crippen LogP contribution is 2.32. The van der Waals surface area contributed by atoms with Gasteiger partial charge in [0.2, 0.25) is 6.79 Å². The number of rotatable bonds is 6. The molecule has 150 valence electrons. The molecule has 1 aliphatic heterocycles. The van der Waals surface area contributed by atoms with Crippen LogP contribution in [-0.4, -0.2) is 34.1 Å². The predicted octanol–water partition coefficient (Wildman–Crippen LogP) is 2.65. The Kier molecular flexibility index (Phi) is 5.33. The van der Waals surface area contributed by atoms with E-state index in [4.69, 9.17) is 9.47 Å². The normalized spacial score (nSPS) is 12.1. The lowest BCUT2D eigenvalue weighted by molar-refractivity contribution is 0.174. The van der Waals surface area contributed by atoms with Gasteiger partial charge in [0, 0.05) is 25.0 Å². The largest absolute Gasteiger partial charge is 0.454 e. The third-order valence-corrected chi connectivity index (χ3v) is 4.86. The monoisotopic (exact) mass is 393 g/mol. The van der Waals surface area contributed by atoms with Crippen LogP contribution in [0.2, 0.25) is 0 Å². The fourth-order valence-corrected chi connectivity index (χ4v) is 3.34. The quantitative estimate of drug-likeness (QED) is 0.672. The number of nitrogens with one attached hydrogen (secondary N) is 2. The molecule has 2 N–H and O–H groups in total.